The van der Waals surface area contributed by atoms with Crippen molar-refractivity contribution in [2.45, 2.75) is 63.1 Å². The molecule has 144 valence electrons. The highest BCUT2D eigenvalue weighted by Gasteiger charge is 2.27. The molecule has 26 heavy (non-hydrogen) atoms. The van der Waals surface area contributed by atoms with Crippen LogP contribution in [0, 0.1) is 5.92 Å². The number of anilines is 2. The van der Waals surface area contributed by atoms with Gasteiger partial charge < -0.3 is 26.2 Å². The maximum atomic E-state index is 11.7. The third-order valence-corrected chi connectivity index (χ3v) is 5.44. The molecule has 8 heteroatoms. The maximum Gasteiger partial charge on any atom is 0.254 e. The summed E-state index contributed by atoms with van der Waals surface area (Å²) < 4.78 is 5.24. The first-order valence-electron chi connectivity index (χ1n) is 9.43. The van der Waals surface area contributed by atoms with Crippen LogP contribution in [0.1, 0.15) is 55.3 Å². The van der Waals surface area contributed by atoms with Gasteiger partial charge in [0.2, 0.25) is 5.95 Å². The van der Waals surface area contributed by atoms with Gasteiger partial charge in [0.1, 0.15) is 5.82 Å². The number of nitrogens with zero attached hydrogens (tertiary/aromatic N) is 2. The summed E-state index contributed by atoms with van der Waals surface area (Å²) in [7, 11) is 1.74. The molecule has 0 aliphatic heterocycles. The molecular weight excluding hydrogens is 334 g/mol. The van der Waals surface area contributed by atoms with Crippen molar-refractivity contribution in [1.82, 2.24) is 9.97 Å². The quantitative estimate of drug-likeness (QED) is 0.579. The highest BCUT2D eigenvalue weighted by atomic mass is 16.5. The summed E-state index contributed by atoms with van der Waals surface area (Å²) >= 11 is 0. The predicted molar refractivity (Wildman–Crippen MR) is 99.1 cm³/mol. The highest BCUT2D eigenvalue weighted by Crippen LogP contribution is 2.27. The van der Waals surface area contributed by atoms with Crippen LogP contribution in [-0.4, -0.2) is 52.9 Å². The van der Waals surface area contributed by atoms with Gasteiger partial charge in [0, 0.05) is 26.0 Å². The number of nitrogens with two attached hydrogens (primary N) is 1. The lowest BCUT2D eigenvalue weighted by molar-refractivity contribution is 0.1000. The Kier molecular flexibility index (Phi) is 6.26. The summed E-state index contributed by atoms with van der Waals surface area (Å²) in [5.74, 6) is 0.929. The molecule has 5 N–H and O–H groups in total. The second kappa shape index (κ2) is 8.64. The number of amides is 1. The number of primary amides is 1. The SMILES string of the molecule is COCC1CCC(Nc2ncc(C(N)=O)c(N[C@H]3CCCC3O)n2)CC1. The van der Waals surface area contributed by atoms with Crippen molar-refractivity contribution in [3.8, 4) is 0 Å². The first-order valence-corrected chi connectivity index (χ1v) is 9.43. The second-order valence-electron chi connectivity index (χ2n) is 7.39. The average molecular weight is 363 g/mol. The molecule has 1 aromatic rings. The lowest BCUT2D eigenvalue weighted by atomic mass is 9.86. The molecule has 0 aromatic carbocycles. The molecule has 2 aliphatic carbocycles. The molecule has 1 aromatic heterocycles. The molecule has 0 saturated heterocycles. The Balaban J connectivity index is 1.66. The smallest absolute Gasteiger partial charge is 0.254 e. The van der Waals surface area contributed by atoms with E-state index < -0.39 is 12.0 Å². The summed E-state index contributed by atoms with van der Waals surface area (Å²) in [5.41, 5.74) is 5.70. The zero-order chi connectivity index (χ0) is 18.5. The minimum atomic E-state index is -0.577. The molecule has 1 amide bonds. The molecule has 2 aliphatic rings. The molecule has 2 atom stereocenters. The minimum absolute atomic E-state index is 0.111. The molecule has 3 rings (SSSR count). The van der Waals surface area contributed by atoms with E-state index >= 15 is 0 Å². The van der Waals surface area contributed by atoms with Crippen LogP contribution in [0.25, 0.3) is 0 Å². The normalized spacial score (nSPS) is 28.7. The second-order valence-corrected chi connectivity index (χ2v) is 7.39. The predicted octanol–water partition coefficient (Wildman–Crippen LogP) is 1.52. The molecule has 0 spiro atoms. The molecule has 0 radical (unpaired) electrons. The van der Waals surface area contributed by atoms with Crippen LogP contribution >= 0.6 is 0 Å². The minimum Gasteiger partial charge on any atom is -0.391 e. The zero-order valence-corrected chi connectivity index (χ0v) is 15.3. The number of methoxy groups -OCH3 is 1. The zero-order valence-electron chi connectivity index (χ0n) is 15.3. The molecule has 2 fully saturated rings. The van der Waals surface area contributed by atoms with Crippen LogP contribution in [0.4, 0.5) is 11.8 Å². The van der Waals surface area contributed by atoms with Gasteiger partial charge in [-0.25, -0.2) is 4.98 Å². The van der Waals surface area contributed by atoms with Crippen molar-refractivity contribution in [1.29, 1.82) is 0 Å². The molecular formula is C18H29N5O3. The van der Waals surface area contributed by atoms with Crippen molar-refractivity contribution in [2.75, 3.05) is 24.4 Å². The number of aliphatic hydroxyl groups is 1. The Bertz CT molecular complexity index is 619. The Hall–Kier alpha value is -1.93. The van der Waals surface area contributed by atoms with E-state index in [1.54, 1.807) is 7.11 Å². The largest absolute Gasteiger partial charge is 0.391 e. The van der Waals surface area contributed by atoms with Crippen molar-refractivity contribution < 1.29 is 14.6 Å². The van der Waals surface area contributed by atoms with Gasteiger partial charge in [-0.2, -0.15) is 4.98 Å². The monoisotopic (exact) mass is 363 g/mol. The Labute approximate surface area is 153 Å². The Morgan fingerprint density at radius 3 is 2.65 bits per heavy atom. The highest BCUT2D eigenvalue weighted by molar-refractivity contribution is 5.97. The van der Waals surface area contributed by atoms with E-state index in [1.807, 2.05) is 0 Å². The fraction of sp³-hybridized carbons (Fsp3) is 0.722. The van der Waals surface area contributed by atoms with Gasteiger partial charge in [-0.15, -0.1) is 0 Å². The Morgan fingerprint density at radius 2 is 2.04 bits per heavy atom. The molecule has 1 heterocycles. The number of carbonyl (C=O) groups excluding carboxylic acids is 1. The van der Waals surface area contributed by atoms with Crippen molar-refractivity contribution in [3.63, 3.8) is 0 Å². The van der Waals surface area contributed by atoms with Crippen molar-refractivity contribution in [2.24, 2.45) is 11.7 Å². The van der Waals surface area contributed by atoms with Crippen molar-refractivity contribution >= 4 is 17.7 Å². The van der Waals surface area contributed by atoms with Crippen LogP contribution in [-0.2, 0) is 4.74 Å². The lowest BCUT2D eigenvalue weighted by Crippen LogP contribution is -2.31. The summed E-state index contributed by atoms with van der Waals surface area (Å²) in [6.45, 7) is 0.814. The Morgan fingerprint density at radius 1 is 1.27 bits per heavy atom. The standard InChI is InChI=1S/C18H29N5O3/c1-26-10-11-5-7-12(8-6-11)21-18-20-9-13(16(19)25)17(23-18)22-14-3-2-4-15(14)24/h9,11-12,14-15,24H,2-8,10H2,1H3,(H2,19,25)(H2,20,21,22,23)/t11?,12?,14-,15?/m0/s1. The van der Waals surface area contributed by atoms with Gasteiger partial charge in [0.05, 0.1) is 17.7 Å². The van der Waals surface area contributed by atoms with Gasteiger partial charge in [-0.1, -0.05) is 0 Å². The summed E-state index contributed by atoms with van der Waals surface area (Å²) in [5, 5.41) is 16.6. The lowest BCUT2D eigenvalue weighted by Gasteiger charge is -2.28. The number of rotatable bonds is 7. The van der Waals surface area contributed by atoms with Gasteiger partial charge in [-0.05, 0) is 50.9 Å². The van der Waals surface area contributed by atoms with E-state index in [0.29, 0.717) is 23.7 Å². The van der Waals surface area contributed by atoms with E-state index in [9.17, 15) is 9.90 Å². The van der Waals surface area contributed by atoms with Gasteiger partial charge in [-0.3, -0.25) is 4.79 Å². The van der Waals surface area contributed by atoms with Crippen molar-refractivity contribution in [3.05, 3.63) is 11.8 Å². The average Bonchev–Trinajstić information content (AvgIpc) is 3.02. The van der Waals surface area contributed by atoms with Gasteiger partial charge >= 0.3 is 0 Å². The van der Waals surface area contributed by atoms with Crippen LogP contribution < -0.4 is 16.4 Å². The summed E-state index contributed by atoms with van der Waals surface area (Å²) in [4.78, 5) is 20.4. The number of carbonyl (C=O) groups is 1. The topological polar surface area (TPSA) is 122 Å². The first-order chi connectivity index (χ1) is 12.6. The third kappa shape index (κ3) is 4.62. The number of aromatic nitrogens is 2. The van der Waals surface area contributed by atoms with E-state index in [-0.39, 0.29) is 11.6 Å². The number of hydrogen-bond donors (Lipinski definition) is 4. The van der Waals surface area contributed by atoms with Gasteiger partial charge in [0.15, 0.2) is 0 Å². The fourth-order valence-electron chi connectivity index (χ4n) is 3.92. The molecule has 8 nitrogen and oxygen atoms in total. The fourth-order valence-corrected chi connectivity index (χ4v) is 3.92. The number of ether oxygens (including phenoxy) is 1. The summed E-state index contributed by atoms with van der Waals surface area (Å²) in [6, 6.07) is 0.202. The third-order valence-electron chi connectivity index (χ3n) is 5.44. The van der Waals surface area contributed by atoms with Crippen LogP contribution in [0.5, 0.6) is 0 Å². The number of hydrogen-bond acceptors (Lipinski definition) is 7. The maximum absolute atomic E-state index is 11.7. The number of nitrogens with one attached hydrogen (secondary N) is 2. The first kappa shape index (κ1) is 18.8. The van der Waals surface area contributed by atoms with Gasteiger partial charge in [0.25, 0.3) is 5.91 Å². The van der Waals surface area contributed by atoms with E-state index in [2.05, 4.69) is 20.6 Å². The molecule has 2 saturated carbocycles. The van der Waals surface area contributed by atoms with E-state index in [0.717, 1.165) is 51.6 Å². The van der Waals surface area contributed by atoms with Crippen LogP contribution in [0.15, 0.2) is 6.20 Å². The molecule has 1 unspecified atom stereocenters. The van der Waals surface area contributed by atoms with Crippen LogP contribution in [0.3, 0.4) is 0 Å². The summed E-state index contributed by atoms with van der Waals surface area (Å²) in [6.07, 6.45) is 7.88. The molecule has 0 bridgehead atoms. The van der Waals surface area contributed by atoms with E-state index in [1.165, 1.54) is 6.20 Å². The van der Waals surface area contributed by atoms with Crippen LogP contribution in [0.2, 0.25) is 0 Å². The van der Waals surface area contributed by atoms with E-state index in [4.69, 9.17) is 10.5 Å². The number of aliphatic hydroxyl groups excluding tert-OH is 1.